The summed E-state index contributed by atoms with van der Waals surface area (Å²) < 4.78 is 26.6. The molecule has 0 aliphatic heterocycles. The van der Waals surface area contributed by atoms with Gasteiger partial charge in [0, 0.05) is 12.1 Å². The third kappa shape index (κ3) is 3.14. The number of nitro benzene ring substituents is 1. The highest BCUT2D eigenvalue weighted by atomic mass is 19.1. The summed E-state index contributed by atoms with van der Waals surface area (Å²) in [6.07, 6.45) is 0.976. The Morgan fingerprint density at radius 3 is 2.45 bits per heavy atom. The third-order valence-corrected chi connectivity index (χ3v) is 2.44. The number of benzene rings is 2. The molecule has 0 bridgehead atoms. The van der Waals surface area contributed by atoms with Crippen LogP contribution in [-0.4, -0.2) is 11.1 Å². The maximum atomic E-state index is 13.3. The van der Waals surface area contributed by atoms with Gasteiger partial charge in [0.2, 0.25) is 0 Å². The van der Waals surface area contributed by atoms with E-state index in [1.54, 1.807) is 6.07 Å². The molecule has 0 saturated heterocycles. The number of halogens is 2. The van der Waals surface area contributed by atoms with Crippen LogP contribution in [-0.2, 0) is 0 Å². The summed E-state index contributed by atoms with van der Waals surface area (Å²) in [5.41, 5.74) is 2.42. The van der Waals surface area contributed by atoms with Crippen LogP contribution < -0.4 is 5.43 Å². The van der Waals surface area contributed by atoms with Crippen LogP contribution in [0.1, 0.15) is 5.56 Å². The second-order valence-corrected chi connectivity index (χ2v) is 3.81. The molecule has 0 atom stereocenters. The fourth-order valence-corrected chi connectivity index (χ4v) is 1.49. The SMILES string of the molecule is O=[N+]([O-])c1cccc(N/N=C/c2c(F)cccc2F)c1. The minimum absolute atomic E-state index is 0.109. The topological polar surface area (TPSA) is 67.5 Å². The van der Waals surface area contributed by atoms with E-state index < -0.39 is 16.6 Å². The van der Waals surface area contributed by atoms with Gasteiger partial charge in [-0.25, -0.2) is 8.78 Å². The molecule has 0 aliphatic carbocycles. The summed E-state index contributed by atoms with van der Waals surface area (Å²) in [4.78, 5) is 10.0. The van der Waals surface area contributed by atoms with Crippen molar-refractivity contribution in [1.29, 1.82) is 0 Å². The predicted octanol–water partition coefficient (Wildman–Crippen LogP) is 3.32. The molecule has 5 nitrogen and oxygen atoms in total. The van der Waals surface area contributed by atoms with Crippen LogP contribution >= 0.6 is 0 Å². The minimum Gasteiger partial charge on any atom is -0.278 e. The van der Waals surface area contributed by atoms with Crippen molar-refractivity contribution in [2.45, 2.75) is 0 Å². The zero-order valence-electron chi connectivity index (χ0n) is 10.1. The molecule has 1 N–H and O–H groups in total. The Labute approximate surface area is 112 Å². The number of hydrogen-bond donors (Lipinski definition) is 1. The van der Waals surface area contributed by atoms with Crippen molar-refractivity contribution in [3.63, 3.8) is 0 Å². The van der Waals surface area contributed by atoms with Gasteiger partial charge in [-0.15, -0.1) is 0 Å². The number of hydrazone groups is 1. The van der Waals surface area contributed by atoms with Crippen molar-refractivity contribution in [3.05, 3.63) is 69.8 Å². The number of nitro groups is 1. The van der Waals surface area contributed by atoms with Gasteiger partial charge in [0.05, 0.1) is 22.4 Å². The standard InChI is InChI=1S/C13H9F2N3O2/c14-12-5-2-6-13(15)11(12)8-16-17-9-3-1-4-10(7-9)18(19)20/h1-8,17H/b16-8+. The van der Waals surface area contributed by atoms with Crippen LogP contribution in [0.5, 0.6) is 0 Å². The van der Waals surface area contributed by atoms with Crippen LogP contribution in [0.2, 0.25) is 0 Å². The molecule has 0 heterocycles. The molecule has 0 spiro atoms. The first-order chi connectivity index (χ1) is 9.58. The third-order valence-electron chi connectivity index (χ3n) is 2.44. The van der Waals surface area contributed by atoms with Gasteiger partial charge in [-0.2, -0.15) is 5.10 Å². The molecule has 0 unspecified atom stereocenters. The van der Waals surface area contributed by atoms with Gasteiger partial charge in [0.1, 0.15) is 11.6 Å². The molecule has 0 fully saturated rings. The van der Waals surface area contributed by atoms with Gasteiger partial charge in [-0.3, -0.25) is 15.5 Å². The van der Waals surface area contributed by atoms with Gasteiger partial charge >= 0.3 is 0 Å². The number of rotatable bonds is 4. The first-order valence-electron chi connectivity index (χ1n) is 5.55. The highest BCUT2D eigenvalue weighted by Crippen LogP contribution is 2.17. The van der Waals surface area contributed by atoms with Crippen LogP contribution in [0.4, 0.5) is 20.2 Å². The van der Waals surface area contributed by atoms with E-state index in [-0.39, 0.29) is 11.3 Å². The Bertz CT molecular complexity index is 654. The van der Waals surface area contributed by atoms with Gasteiger partial charge in [-0.05, 0) is 18.2 Å². The Morgan fingerprint density at radius 2 is 1.80 bits per heavy atom. The quantitative estimate of drug-likeness (QED) is 0.529. The lowest BCUT2D eigenvalue weighted by Gasteiger charge is -2.01. The summed E-state index contributed by atoms with van der Waals surface area (Å²) in [5.74, 6) is -1.48. The van der Waals surface area contributed by atoms with Gasteiger partial charge in [0.15, 0.2) is 0 Å². The lowest BCUT2D eigenvalue weighted by atomic mass is 10.2. The van der Waals surface area contributed by atoms with Crippen molar-refractivity contribution in [2.24, 2.45) is 5.10 Å². The first kappa shape index (κ1) is 13.6. The van der Waals surface area contributed by atoms with Crippen molar-refractivity contribution in [1.82, 2.24) is 0 Å². The first-order valence-corrected chi connectivity index (χ1v) is 5.55. The largest absolute Gasteiger partial charge is 0.278 e. The number of non-ortho nitro benzene ring substituents is 1. The number of hydrogen-bond acceptors (Lipinski definition) is 4. The Hall–Kier alpha value is -2.83. The lowest BCUT2D eigenvalue weighted by molar-refractivity contribution is -0.384. The van der Waals surface area contributed by atoms with Crippen LogP contribution in [0, 0.1) is 21.7 Å². The molecule has 7 heteroatoms. The van der Waals surface area contributed by atoms with E-state index in [1.165, 1.54) is 24.3 Å². The summed E-state index contributed by atoms with van der Waals surface area (Å²) in [7, 11) is 0. The molecule has 20 heavy (non-hydrogen) atoms. The lowest BCUT2D eigenvalue weighted by Crippen LogP contribution is -1.97. The van der Waals surface area contributed by atoms with Gasteiger partial charge in [0.25, 0.3) is 5.69 Å². The zero-order valence-corrected chi connectivity index (χ0v) is 10.1. The second kappa shape index (κ2) is 5.87. The van der Waals surface area contributed by atoms with Gasteiger partial charge < -0.3 is 0 Å². The monoisotopic (exact) mass is 277 g/mol. The predicted molar refractivity (Wildman–Crippen MR) is 70.7 cm³/mol. The molecular weight excluding hydrogens is 268 g/mol. The van der Waals surface area contributed by atoms with Crippen LogP contribution in [0.25, 0.3) is 0 Å². The molecule has 0 radical (unpaired) electrons. The fourth-order valence-electron chi connectivity index (χ4n) is 1.49. The number of nitrogens with one attached hydrogen (secondary N) is 1. The van der Waals surface area contributed by atoms with E-state index >= 15 is 0 Å². The smallest absolute Gasteiger partial charge is 0.271 e. The summed E-state index contributed by atoms with van der Waals surface area (Å²) >= 11 is 0. The summed E-state index contributed by atoms with van der Waals surface area (Å²) in [5, 5.41) is 14.2. The number of anilines is 1. The van der Waals surface area contributed by atoms with Crippen molar-refractivity contribution in [3.8, 4) is 0 Å². The molecule has 0 aromatic heterocycles. The Morgan fingerprint density at radius 1 is 1.15 bits per heavy atom. The maximum absolute atomic E-state index is 13.3. The second-order valence-electron chi connectivity index (χ2n) is 3.81. The maximum Gasteiger partial charge on any atom is 0.271 e. The average Bonchev–Trinajstić information content (AvgIpc) is 2.42. The van der Waals surface area contributed by atoms with Crippen molar-refractivity contribution >= 4 is 17.6 Å². The highest BCUT2D eigenvalue weighted by Gasteiger charge is 2.06. The Balaban J connectivity index is 2.14. The summed E-state index contributed by atoms with van der Waals surface area (Å²) in [6, 6.07) is 9.06. The molecule has 0 aliphatic rings. The van der Waals surface area contributed by atoms with Crippen LogP contribution in [0.15, 0.2) is 47.6 Å². The fraction of sp³-hybridized carbons (Fsp3) is 0. The van der Waals surface area contributed by atoms with E-state index in [0.717, 1.165) is 18.3 Å². The molecule has 2 aromatic rings. The molecule has 2 rings (SSSR count). The van der Waals surface area contributed by atoms with E-state index in [0.29, 0.717) is 5.69 Å². The minimum atomic E-state index is -0.741. The molecule has 0 amide bonds. The highest BCUT2D eigenvalue weighted by molar-refractivity contribution is 5.81. The molecule has 102 valence electrons. The molecular formula is C13H9F2N3O2. The van der Waals surface area contributed by atoms with E-state index in [2.05, 4.69) is 10.5 Å². The zero-order chi connectivity index (χ0) is 14.5. The number of nitrogens with zero attached hydrogens (tertiary/aromatic N) is 2. The molecule has 2 aromatic carbocycles. The van der Waals surface area contributed by atoms with Crippen molar-refractivity contribution in [2.75, 3.05) is 5.43 Å². The van der Waals surface area contributed by atoms with E-state index in [4.69, 9.17) is 0 Å². The summed E-state index contributed by atoms with van der Waals surface area (Å²) in [6.45, 7) is 0. The van der Waals surface area contributed by atoms with Crippen LogP contribution in [0.3, 0.4) is 0 Å². The normalized spacial score (nSPS) is 10.7. The van der Waals surface area contributed by atoms with E-state index in [1.807, 2.05) is 0 Å². The van der Waals surface area contributed by atoms with Crippen molar-refractivity contribution < 1.29 is 13.7 Å². The van der Waals surface area contributed by atoms with E-state index in [9.17, 15) is 18.9 Å². The Kier molecular flexibility index (Phi) is 3.99. The molecule has 0 saturated carbocycles. The van der Waals surface area contributed by atoms with Gasteiger partial charge in [-0.1, -0.05) is 12.1 Å². The average molecular weight is 277 g/mol.